The Bertz CT molecular complexity index is 630. The van der Waals surface area contributed by atoms with Gasteiger partial charge in [-0.05, 0) is 43.7 Å². The van der Waals surface area contributed by atoms with Gasteiger partial charge in [0, 0.05) is 56.7 Å². The minimum atomic E-state index is 0. The monoisotopic (exact) mass is 536 g/mol. The second-order valence-electron chi connectivity index (χ2n) is 8.02. The molecule has 0 bridgehead atoms. The average Bonchev–Trinajstić information content (AvgIpc) is 3.12. The highest BCUT2D eigenvalue weighted by atomic mass is 127. The Kier molecular flexibility index (Phi) is 10.7. The molecule has 2 aliphatic rings. The molecule has 1 saturated heterocycles. The molecule has 2 fully saturated rings. The van der Waals surface area contributed by atoms with E-state index < -0.39 is 0 Å². The molecule has 0 amide bonds. The highest BCUT2D eigenvalue weighted by Gasteiger charge is 2.36. The maximum absolute atomic E-state index is 5.56. The SMILES string of the molecule is CN=C(NCC(c1ccc(C)s1)N1CCOCC1)NCC1(CCOC)CCC1.I. The molecule has 0 spiro atoms. The van der Waals surface area contributed by atoms with Gasteiger partial charge < -0.3 is 20.1 Å². The molecule has 1 atom stereocenters. The number of hydrogen-bond donors (Lipinski definition) is 2. The molecule has 1 aliphatic carbocycles. The fourth-order valence-electron chi connectivity index (χ4n) is 4.13. The van der Waals surface area contributed by atoms with Gasteiger partial charge >= 0.3 is 0 Å². The Labute approximate surface area is 196 Å². The molecule has 8 heteroatoms. The molecule has 1 aliphatic heterocycles. The number of hydrogen-bond acceptors (Lipinski definition) is 5. The second kappa shape index (κ2) is 12.4. The van der Waals surface area contributed by atoms with Gasteiger partial charge in [-0.1, -0.05) is 6.42 Å². The van der Waals surface area contributed by atoms with Gasteiger partial charge in [0.05, 0.1) is 19.3 Å². The van der Waals surface area contributed by atoms with E-state index in [4.69, 9.17) is 9.47 Å². The molecule has 1 aromatic rings. The van der Waals surface area contributed by atoms with Crippen LogP contribution in [0.4, 0.5) is 0 Å². The Hall–Kier alpha value is -0.420. The molecule has 1 aromatic heterocycles. The zero-order valence-electron chi connectivity index (χ0n) is 18.0. The van der Waals surface area contributed by atoms with Crippen molar-refractivity contribution in [2.24, 2.45) is 10.4 Å². The molecular weight excluding hydrogens is 499 g/mol. The fourth-order valence-corrected chi connectivity index (χ4v) is 5.14. The quantitative estimate of drug-likeness (QED) is 0.288. The average molecular weight is 537 g/mol. The van der Waals surface area contributed by atoms with Crippen molar-refractivity contribution in [1.29, 1.82) is 0 Å². The number of morpholine rings is 1. The number of aliphatic imine (C=N–C) groups is 1. The maximum atomic E-state index is 5.56. The molecule has 0 radical (unpaired) electrons. The van der Waals surface area contributed by atoms with Crippen LogP contribution in [0, 0.1) is 12.3 Å². The third-order valence-corrected chi connectivity index (χ3v) is 7.25. The summed E-state index contributed by atoms with van der Waals surface area (Å²) in [5.74, 6) is 0.898. The van der Waals surface area contributed by atoms with Crippen molar-refractivity contribution < 1.29 is 9.47 Å². The number of rotatable bonds is 9. The van der Waals surface area contributed by atoms with Crippen LogP contribution in [0.3, 0.4) is 0 Å². The molecule has 3 rings (SSSR count). The van der Waals surface area contributed by atoms with E-state index in [-0.39, 0.29) is 24.0 Å². The third-order valence-electron chi connectivity index (χ3n) is 6.14. The second-order valence-corrected chi connectivity index (χ2v) is 9.34. The van der Waals surface area contributed by atoms with Crippen LogP contribution in [0.1, 0.15) is 41.5 Å². The highest BCUT2D eigenvalue weighted by Crippen LogP contribution is 2.43. The zero-order valence-corrected chi connectivity index (χ0v) is 21.2. The normalized spacial score (nSPS) is 20.4. The van der Waals surface area contributed by atoms with Gasteiger partial charge in [-0.15, -0.1) is 35.3 Å². The van der Waals surface area contributed by atoms with E-state index >= 15 is 0 Å². The van der Waals surface area contributed by atoms with E-state index in [1.807, 2.05) is 18.4 Å². The lowest BCUT2D eigenvalue weighted by molar-refractivity contribution is 0.0176. The van der Waals surface area contributed by atoms with Crippen LogP contribution < -0.4 is 10.6 Å². The summed E-state index contributed by atoms with van der Waals surface area (Å²) in [6.07, 6.45) is 5.02. The van der Waals surface area contributed by atoms with Crippen LogP contribution in [0.15, 0.2) is 17.1 Å². The van der Waals surface area contributed by atoms with Crippen molar-refractivity contribution in [1.82, 2.24) is 15.5 Å². The highest BCUT2D eigenvalue weighted by molar-refractivity contribution is 14.0. The number of halogens is 1. The molecular formula is C21H37IN4O2S. The summed E-state index contributed by atoms with van der Waals surface area (Å²) in [4.78, 5) is 9.77. The summed E-state index contributed by atoms with van der Waals surface area (Å²) >= 11 is 1.89. The molecule has 2 heterocycles. The van der Waals surface area contributed by atoms with Crippen molar-refractivity contribution in [3.8, 4) is 0 Å². The Morgan fingerprint density at radius 1 is 1.31 bits per heavy atom. The molecule has 0 aromatic carbocycles. The lowest BCUT2D eigenvalue weighted by Gasteiger charge is -2.42. The number of thiophene rings is 1. The molecule has 29 heavy (non-hydrogen) atoms. The first-order valence-corrected chi connectivity index (χ1v) is 11.3. The van der Waals surface area contributed by atoms with E-state index in [0.29, 0.717) is 11.5 Å². The van der Waals surface area contributed by atoms with Crippen LogP contribution in [0.25, 0.3) is 0 Å². The number of nitrogens with zero attached hydrogens (tertiary/aromatic N) is 2. The smallest absolute Gasteiger partial charge is 0.191 e. The summed E-state index contributed by atoms with van der Waals surface area (Å²) in [6.45, 7) is 8.43. The summed E-state index contributed by atoms with van der Waals surface area (Å²) in [5, 5.41) is 7.16. The van der Waals surface area contributed by atoms with E-state index in [0.717, 1.165) is 58.4 Å². The third kappa shape index (κ3) is 7.05. The van der Waals surface area contributed by atoms with E-state index in [1.165, 1.54) is 29.0 Å². The van der Waals surface area contributed by atoms with E-state index in [1.54, 1.807) is 7.11 Å². The van der Waals surface area contributed by atoms with E-state index in [2.05, 4.69) is 39.6 Å². The van der Waals surface area contributed by atoms with Gasteiger partial charge in [-0.25, -0.2) is 0 Å². The number of aryl methyl sites for hydroxylation is 1. The van der Waals surface area contributed by atoms with Gasteiger partial charge in [0.25, 0.3) is 0 Å². The summed E-state index contributed by atoms with van der Waals surface area (Å²) in [5.41, 5.74) is 0.377. The minimum absolute atomic E-state index is 0. The van der Waals surface area contributed by atoms with E-state index in [9.17, 15) is 0 Å². The maximum Gasteiger partial charge on any atom is 0.191 e. The van der Waals surface area contributed by atoms with Crippen LogP contribution in [-0.4, -0.2) is 71.0 Å². The predicted molar refractivity (Wildman–Crippen MR) is 132 cm³/mol. The standard InChI is InChI=1S/C21H36N4O2S.HI/c1-17-5-6-19(28-17)18(25-10-13-27-14-11-25)15-23-20(22-2)24-16-21(7-4-8-21)9-12-26-3;/h5-6,18H,4,7-16H2,1-3H3,(H2,22,23,24);1H. The van der Waals surface area contributed by atoms with Crippen molar-refractivity contribution in [2.45, 2.75) is 38.6 Å². The first-order chi connectivity index (χ1) is 13.7. The van der Waals surface area contributed by atoms with Crippen molar-refractivity contribution in [2.75, 3.05) is 60.2 Å². The van der Waals surface area contributed by atoms with Gasteiger partial charge in [-0.3, -0.25) is 9.89 Å². The van der Waals surface area contributed by atoms with Crippen molar-refractivity contribution in [3.63, 3.8) is 0 Å². The predicted octanol–water partition coefficient (Wildman–Crippen LogP) is 3.42. The molecule has 1 saturated carbocycles. The van der Waals surface area contributed by atoms with Gasteiger partial charge in [0.2, 0.25) is 0 Å². The summed E-state index contributed by atoms with van der Waals surface area (Å²) in [7, 11) is 3.65. The molecule has 1 unspecified atom stereocenters. The van der Waals surface area contributed by atoms with Crippen molar-refractivity contribution >= 4 is 41.3 Å². The van der Waals surface area contributed by atoms with Crippen LogP contribution in [0.2, 0.25) is 0 Å². The Morgan fingerprint density at radius 2 is 2.07 bits per heavy atom. The van der Waals surface area contributed by atoms with Crippen LogP contribution in [0.5, 0.6) is 0 Å². The molecule has 2 N–H and O–H groups in total. The molecule has 6 nitrogen and oxygen atoms in total. The van der Waals surface area contributed by atoms with Gasteiger partial charge in [-0.2, -0.15) is 0 Å². The summed E-state index contributed by atoms with van der Waals surface area (Å²) < 4.78 is 10.9. The first kappa shape index (κ1) is 24.8. The van der Waals surface area contributed by atoms with Gasteiger partial charge in [0.1, 0.15) is 0 Å². The Balaban J connectivity index is 0.00000300. The number of methoxy groups -OCH3 is 1. The number of nitrogens with one attached hydrogen (secondary N) is 2. The minimum Gasteiger partial charge on any atom is -0.385 e. The lowest BCUT2D eigenvalue weighted by Crippen LogP contribution is -2.49. The zero-order chi connectivity index (χ0) is 19.8. The first-order valence-electron chi connectivity index (χ1n) is 10.5. The fraction of sp³-hybridized carbons (Fsp3) is 0.762. The van der Waals surface area contributed by atoms with Crippen LogP contribution >= 0.6 is 35.3 Å². The summed E-state index contributed by atoms with van der Waals surface area (Å²) in [6, 6.07) is 4.84. The van der Waals surface area contributed by atoms with Crippen LogP contribution in [-0.2, 0) is 9.47 Å². The number of ether oxygens (including phenoxy) is 2. The largest absolute Gasteiger partial charge is 0.385 e. The Morgan fingerprint density at radius 3 is 2.62 bits per heavy atom. The van der Waals surface area contributed by atoms with Crippen molar-refractivity contribution in [3.05, 3.63) is 21.9 Å². The number of guanidine groups is 1. The molecule has 166 valence electrons. The lowest BCUT2D eigenvalue weighted by atomic mass is 9.67. The topological polar surface area (TPSA) is 58.1 Å². The van der Waals surface area contributed by atoms with Gasteiger partial charge in [0.15, 0.2) is 5.96 Å².